The van der Waals surface area contributed by atoms with E-state index in [0.717, 1.165) is 0 Å². The second-order valence-electron chi connectivity index (χ2n) is 5.98. The van der Waals surface area contributed by atoms with Gasteiger partial charge in [0.15, 0.2) is 23.9 Å². The zero-order valence-electron chi connectivity index (χ0n) is 14.8. The molecule has 0 unspecified atom stereocenters. The molecule has 136 valence electrons. The van der Waals surface area contributed by atoms with Crippen LogP contribution in [0, 0.1) is 5.92 Å². The van der Waals surface area contributed by atoms with Crippen LogP contribution in [0.3, 0.4) is 0 Å². The van der Waals surface area contributed by atoms with Gasteiger partial charge in [0.25, 0.3) is 5.91 Å². The summed E-state index contributed by atoms with van der Waals surface area (Å²) >= 11 is 0. The summed E-state index contributed by atoms with van der Waals surface area (Å²) in [6.45, 7) is 2.45. The molecule has 0 atom stereocenters. The largest absolute Gasteiger partial charge is 0.493 e. The molecule has 7 heteroatoms. The lowest BCUT2D eigenvalue weighted by Gasteiger charge is -2.31. The Morgan fingerprint density at radius 1 is 1.20 bits per heavy atom. The minimum absolute atomic E-state index is 0.0265. The smallest absolute Gasteiger partial charge is 0.260 e. The fourth-order valence-corrected chi connectivity index (χ4v) is 2.83. The molecule has 0 bridgehead atoms. The lowest BCUT2D eigenvalue weighted by Crippen LogP contribution is -2.44. The second-order valence-corrected chi connectivity index (χ2v) is 5.98. The number of ether oxygens (including phenoxy) is 2. The first kappa shape index (κ1) is 18.8. The Hall–Kier alpha value is -2.57. The van der Waals surface area contributed by atoms with E-state index in [1.165, 1.54) is 14.0 Å². The molecule has 2 rings (SSSR count). The van der Waals surface area contributed by atoms with Crippen molar-refractivity contribution in [1.29, 1.82) is 0 Å². The third-order valence-electron chi connectivity index (χ3n) is 4.39. The van der Waals surface area contributed by atoms with Crippen LogP contribution in [0.5, 0.6) is 11.5 Å². The van der Waals surface area contributed by atoms with Gasteiger partial charge >= 0.3 is 0 Å². The Morgan fingerprint density at radius 3 is 2.44 bits per heavy atom. The normalized spacial score (nSPS) is 14.8. The topological polar surface area (TPSA) is 84.9 Å². The highest BCUT2D eigenvalue weighted by molar-refractivity contribution is 5.94. The van der Waals surface area contributed by atoms with Crippen molar-refractivity contribution >= 4 is 17.6 Å². The lowest BCUT2D eigenvalue weighted by atomic mass is 9.96. The molecule has 1 saturated heterocycles. The highest BCUT2D eigenvalue weighted by atomic mass is 16.5. The molecule has 1 aromatic carbocycles. The predicted octanol–water partition coefficient (Wildman–Crippen LogP) is 1.26. The average Bonchev–Trinajstić information content (AvgIpc) is 2.65. The number of benzene rings is 1. The highest BCUT2D eigenvalue weighted by Gasteiger charge is 2.27. The molecule has 1 aromatic rings. The maximum Gasteiger partial charge on any atom is 0.260 e. The monoisotopic (exact) mass is 348 g/mol. The molecule has 1 aliphatic rings. The van der Waals surface area contributed by atoms with Gasteiger partial charge in [-0.15, -0.1) is 0 Å². The summed E-state index contributed by atoms with van der Waals surface area (Å²) in [5, 5.41) is 2.65. The van der Waals surface area contributed by atoms with Crippen molar-refractivity contribution in [2.45, 2.75) is 19.8 Å². The second kappa shape index (κ2) is 8.50. The van der Waals surface area contributed by atoms with E-state index >= 15 is 0 Å². The molecule has 0 saturated carbocycles. The van der Waals surface area contributed by atoms with Gasteiger partial charge in [0, 0.05) is 31.6 Å². The standard InChI is InChI=1S/C18H24N2O5/c1-12(21)14-4-5-15(16(10-14)24-3)25-11-17(22)20-8-6-13(7-9-20)18(23)19-2/h4-5,10,13H,6-9,11H2,1-3H3,(H,19,23). The predicted molar refractivity (Wildman–Crippen MR) is 91.9 cm³/mol. The van der Waals surface area contributed by atoms with Crippen molar-refractivity contribution in [2.24, 2.45) is 5.92 Å². The number of hydrogen-bond acceptors (Lipinski definition) is 5. The van der Waals surface area contributed by atoms with E-state index in [2.05, 4.69) is 5.32 Å². The SMILES string of the molecule is CNC(=O)C1CCN(C(=O)COc2ccc(C(C)=O)cc2OC)CC1. The maximum atomic E-state index is 12.3. The number of piperidine rings is 1. The van der Waals surface area contributed by atoms with Gasteiger partial charge < -0.3 is 19.7 Å². The Labute approximate surface area is 147 Å². The summed E-state index contributed by atoms with van der Waals surface area (Å²) in [6.07, 6.45) is 1.31. The number of nitrogens with one attached hydrogen (secondary N) is 1. The van der Waals surface area contributed by atoms with Crippen molar-refractivity contribution in [3.8, 4) is 11.5 Å². The first-order valence-corrected chi connectivity index (χ1v) is 8.27. The summed E-state index contributed by atoms with van der Waals surface area (Å²) in [5.74, 6) is 0.626. The number of carbonyl (C=O) groups is 3. The first-order valence-electron chi connectivity index (χ1n) is 8.27. The molecule has 1 heterocycles. The Balaban J connectivity index is 1.90. The fourth-order valence-electron chi connectivity index (χ4n) is 2.83. The van der Waals surface area contributed by atoms with Crippen LogP contribution in [0.25, 0.3) is 0 Å². The number of hydrogen-bond donors (Lipinski definition) is 1. The third-order valence-corrected chi connectivity index (χ3v) is 4.39. The van der Waals surface area contributed by atoms with Gasteiger partial charge in [-0.3, -0.25) is 14.4 Å². The van der Waals surface area contributed by atoms with Crippen LogP contribution in [0.15, 0.2) is 18.2 Å². The number of ketones is 1. The van der Waals surface area contributed by atoms with Gasteiger partial charge in [-0.05, 0) is 38.0 Å². The number of amides is 2. The molecule has 25 heavy (non-hydrogen) atoms. The van der Waals surface area contributed by atoms with E-state index in [-0.39, 0.29) is 30.1 Å². The molecule has 0 aromatic heterocycles. The molecule has 1 aliphatic heterocycles. The van der Waals surface area contributed by atoms with E-state index in [4.69, 9.17) is 9.47 Å². The van der Waals surface area contributed by atoms with Crippen LogP contribution in [-0.2, 0) is 9.59 Å². The highest BCUT2D eigenvalue weighted by Crippen LogP contribution is 2.28. The zero-order chi connectivity index (χ0) is 18.4. The zero-order valence-corrected chi connectivity index (χ0v) is 14.8. The Morgan fingerprint density at radius 2 is 1.88 bits per heavy atom. The van der Waals surface area contributed by atoms with Crippen molar-refractivity contribution in [3.05, 3.63) is 23.8 Å². The number of Topliss-reactive ketones (excluding diaryl/α,β-unsaturated/α-hetero) is 1. The molecular weight excluding hydrogens is 324 g/mol. The van der Waals surface area contributed by atoms with E-state index in [1.54, 1.807) is 30.1 Å². The Bertz CT molecular complexity index is 651. The summed E-state index contributed by atoms with van der Waals surface area (Å²) in [7, 11) is 3.11. The average molecular weight is 348 g/mol. The third kappa shape index (κ3) is 4.71. The molecule has 0 aliphatic carbocycles. The van der Waals surface area contributed by atoms with Gasteiger partial charge in [-0.2, -0.15) is 0 Å². The molecule has 1 N–H and O–H groups in total. The summed E-state index contributed by atoms with van der Waals surface area (Å²) in [4.78, 5) is 37.0. The van der Waals surface area contributed by atoms with E-state index < -0.39 is 0 Å². The molecule has 0 spiro atoms. The number of carbonyl (C=O) groups excluding carboxylic acids is 3. The van der Waals surface area contributed by atoms with E-state index in [9.17, 15) is 14.4 Å². The number of methoxy groups -OCH3 is 1. The summed E-state index contributed by atoms with van der Waals surface area (Å²) < 4.78 is 10.8. The molecule has 2 amide bonds. The van der Waals surface area contributed by atoms with Gasteiger partial charge in [0.2, 0.25) is 5.91 Å². The summed E-state index contributed by atoms with van der Waals surface area (Å²) in [5.41, 5.74) is 0.520. The van der Waals surface area contributed by atoms with Crippen molar-refractivity contribution in [2.75, 3.05) is 33.9 Å². The number of nitrogens with zero attached hydrogens (tertiary/aromatic N) is 1. The molecular formula is C18H24N2O5. The van der Waals surface area contributed by atoms with Gasteiger partial charge in [-0.1, -0.05) is 0 Å². The quantitative estimate of drug-likeness (QED) is 0.783. The van der Waals surface area contributed by atoms with Crippen LogP contribution in [0.1, 0.15) is 30.1 Å². The van der Waals surface area contributed by atoms with Crippen LogP contribution in [0.2, 0.25) is 0 Å². The van der Waals surface area contributed by atoms with Crippen molar-refractivity contribution in [3.63, 3.8) is 0 Å². The fraction of sp³-hybridized carbons (Fsp3) is 0.500. The van der Waals surface area contributed by atoms with Crippen LogP contribution >= 0.6 is 0 Å². The maximum absolute atomic E-state index is 12.3. The van der Waals surface area contributed by atoms with E-state index in [0.29, 0.717) is 43.0 Å². The lowest BCUT2D eigenvalue weighted by molar-refractivity contribution is -0.137. The van der Waals surface area contributed by atoms with Gasteiger partial charge in [-0.25, -0.2) is 0 Å². The summed E-state index contributed by atoms with van der Waals surface area (Å²) in [6, 6.07) is 4.86. The minimum Gasteiger partial charge on any atom is -0.493 e. The van der Waals surface area contributed by atoms with E-state index in [1.807, 2.05) is 0 Å². The van der Waals surface area contributed by atoms with Crippen molar-refractivity contribution in [1.82, 2.24) is 10.2 Å². The number of rotatable bonds is 6. The van der Waals surface area contributed by atoms with Gasteiger partial charge in [0.1, 0.15) is 0 Å². The van der Waals surface area contributed by atoms with Crippen LogP contribution in [0.4, 0.5) is 0 Å². The van der Waals surface area contributed by atoms with Gasteiger partial charge in [0.05, 0.1) is 7.11 Å². The minimum atomic E-state index is -0.131. The first-order chi connectivity index (χ1) is 12.0. The Kier molecular flexibility index (Phi) is 6.38. The molecule has 0 radical (unpaired) electrons. The molecule has 7 nitrogen and oxygen atoms in total. The van der Waals surface area contributed by atoms with Crippen LogP contribution in [-0.4, -0.2) is 56.4 Å². The van der Waals surface area contributed by atoms with Crippen molar-refractivity contribution < 1.29 is 23.9 Å². The number of likely N-dealkylation sites (tertiary alicyclic amines) is 1. The van der Waals surface area contributed by atoms with Crippen LogP contribution < -0.4 is 14.8 Å². The molecule has 1 fully saturated rings.